The van der Waals surface area contributed by atoms with E-state index in [4.69, 9.17) is 25.9 Å². The number of carbonyl (C=O) groups is 2. The number of carbonyl (C=O) groups excluding carboxylic acids is 2. The second kappa shape index (κ2) is 10.0. The first-order chi connectivity index (χ1) is 16.0. The van der Waals surface area contributed by atoms with Crippen molar-refractivity contribution in [3.05, 3.63) is 70.4 Å². The van der Waals surface area contributed by atoms with Crippen molar-refractivity contribution in [2.45, 2.75) is 19.9 Å². The fourth-order valence-electron chi connectivity index (χ4n) is 3.64. The van der Waals surface area contributed by atoms with Crippen molar-refractivity contribution in [1.29, 1.82) is 0 Å². The smallest absolute Gasteiger partial charge is 0.260 e. The van der Waals surface area contributed by atoms with Crippen molar-refractivity contribution in [2.75, 3.05) is 31.2 Å². The summed E-state index contributed by atoms with van der Waals surface area (Å²) in [4.78, 5) is 29.7. The zero-order chi connectivity index (χ0) is 23.4. The van der Waals surface area contributed by atoms with Crippen LogP contribution in [0.4, 0.5) is 5.69 Å². The number of aliphatic hydroxyl groups is 1. The molecule has 0 radical (unpaired) electrons. The lowest BCUT2D eigenvalue weighted by atomic mass is 10.1. The fourth-order valence-corrected chi connectivity index (χ4v) is 3.90. The monoisotopic (exact) mass is 470 g/mol. The number of fused-ring (bicyclic) bond motifs is 1. The molecule has 0 spiro atoms. The first kappa shape index (κ1) is 22.8. The molecule has 0 fully saturated rings. The number of nitrogens with zero attached hydrogens (tertiary/aromatic N) is 4. The lowest BCUT2D eigenvalue weighted by Crippen LogP contribution is -2.41. The Labute approximate surface area is 195 Å². The third-order valence-corrected chi connectivity index (χ3v) is 5.54. The lowest BCUT2D eigenvalue weighted by Gasteiger charge is -2.23. The van der Waals surface area contributed by atoms with E-state index in [9.17, 15) is 9.59 Å². The van der Waals surface area contributed by atoms with Crippen LogP contribution < -0.4 is 9.64 Å². The number of para-hydroxylation sites is 1. The summed E-state index contributed by atoms with van der Waals surface area (Å²) in [6.45, 7) is 2.31. The normalized spacial score (nSPS) is 13.6. The van der Waals surface area contributed by atoms with Crippen LogP contribution in [0, 0.1) is 6.92 Å². The molecule has 1 aliphatic rings. The standard InChI is InChI=1S/C23H23ClN4O5/c1-15-25-26-21(33-15)8-9-27-13-16-4-2-3-5-20(16)28(14-22(27)30)23(31)18-7-6-17(12-19(18)24)32-11-10-29/h2-7,12,29H,8-11,13-14H2,1H3. The van der Waals surface area contributed by atoms with Crippen LogP contribution in [0.5, 0.6) is 5.75 Å². The van der Waals surface area contributed by atoms with Gasteiger partial charge in [-0.25, -0.2) is 0 Å². The fraction of sp³-hybridized carbons (Fsp3) is 0.304. The minimum absolute atomic E-state index is 0.122. The van der Waals surface area contributed by atoms with Crippen molar-refractivity contribution >= 4 is 29.1 Å². The van der Waals surface area contributed by atoms with Crippen LogP contribution >= 0.6 is 11.6 Å². The van der Waals surface area contributed by atoms with E-state index in [-0.39, 0.29) is 42.2 Å². The maximum atomic E-state index is 13.5. The average Bonchev–Trinajstić information content (AvgIpc) is 3.17. The van der Waals surface area contributed by atoms with Gasteiger partial charge in [-0.15, -0.1) is 10.2 Å². The van der Waals surface area contributed by atoms with Crippen LogP contribution in [0.15, 0.2) is 46.9 Å². The van der Waals surface area contributed by atoms with Crippen LogP contribution in [-0.2, 0) is 17.8 Å². The minimum atomic E-state index is -0.385. The molecule has 4 rings (SSSR count). The first-order valence-corrected chi connectivity index (χ1v) is 10.8. The van der Waals surface area contributed by atoms with Crippen LogP contribution in [0.1, 0.15) is 27.7 Å². The van der Waals surface area contributed by atoms with E-state index in [0.717, 1.165) is 5.56 Å². The number of rotatable bonds is 7. The van der Waals surface area contributed by atoms with Crippen LogP contribution in [0.2, 0.25) is 5.02 Å². The summed E-state index contributed by atoms with van der Waals surface area (Å²) in [6.07, 6.45) is 0.420. The molecule has 0 unspecified atom stereocenters. The summed E-state index contributed by atoms with van der Waals surface area (Å²) in [5, 5.41) is 16.9. The molecule has 2 amide bonds. The molecule has 1 N–H and O–H groups in total. The van der Waals surface area contributed by atoms with Crippen LogP contribution in [0.3, 0.4) is 0 Å². The molecule has 0 bridgehead atoms. The Balaban J connectivity index is 1.57. The summed E-state index contributed by atoms with van der Waals surface area (Å²) >= 11 is 6.37. The highest BCUT2D eigenvalue weighted by Gasteiger charge is 2.30. The number of anilines is 1. The maximum Gasteiger partial charge on any atom is 0.260 e. The number of benzene rings is 2. The number of halogens is 1. The topological polar surface area (TPSA) is 109 Å². The Morgan fingerprint density at radius 1 is 1.21 bits per heavy atom. The molecule has 9 nitrogen and oxygen atoms in total. The van der Waals surface area contributed by atoms with Crippen molar-refractivity contribution < 1.29 is 23.8 Å². The highest BCUT2D eigenvalue weighted by atomic mass is 35.5. The zero-order valence-corrected chi connectivity index (χ0v) is 18.8. The molecule has 3 aromatic rings. The third-order valence-electron chi connectivity index (χ3n) is 5.23. The molecular formula is C23H23ClN4O5. The molecule has 172 valence electrons. The number of hydrogen-bond donors (Lipinski definition) is 1. The number of ether oxygens (including phenoxy) is 1. The van der Waals surface area contributed by atoms with Gasteiger partial charge in [-0.1, -0.05) is 29.8 Å². The van der Waals surface area contributed by atoms with Gasteiger partial charge in [-0.3, -0.25) is 14.5 Å². The van der Waals surface area contributed by atoms with E-state index in [1.807, 2.05) is 24.3 Å². The number of amides is 2. The second-order valence-electron chi connectivity index (χ2n) is 7.51. The largest absolute Gasteiger partial charge is 0.491 e. The maximum absolute atomic E-state index is 13.5. The van der Waals surface area contributed by atoms with Gasteiger partial charge in [0.1, 0.15) is 18.9 Å². The predicted octanol–water partition coefficient (Wildman–Crippen LogP) is 2.63. The number of aryl methyl sites for hydroxylation is 1. The van der Waals surface area contributed by atoms with Gasteiger partial charge >= 0.3 is 0 Å². The summed E-state index contributed by atoms with van der Waals surface area (Å²) in [5.74, 6) is 0.791. The van der Waals surface area contributed by atoms with Gasteiger partial charge in [-0.2, -0.15) is 0 Å². The summed E-state index contributed by atoms with van der Waals surface area (Å²) in [6, 6.07) is 12.1. The van der Waals surface area contributed by atoms with E-state index in [2.05, 4.69) is 10.2 Å². The molecule has 2 heterocycles. The second-order valence-corrected chi connectivity index (χ2v) is 7.92. The summed E-state index contributed by atoms with van der Waals surface area (Å²) < 4.78 is 10.8. The molecule has 1 aliphatic heterocycles. The molecule has 33 heavy (non-hydrogen) atoms. The Kier molecular flexibility index (Phi) is 6.90. The number of aromatic nitrogens is 2. The lowest BCUT2D eigenvalue weighted by molar-refractivity contribution is -0.130. The van der Waals surface area contributed by atoms with Crippen molar-refractivity contribution in [1.82, 2.24) is 15.1 Å². The van der Waals surface area contributed by atoms with Gasteiger partial charge < -0.3 is 19.2 Å². The molecule has 2 aromatic carbocycles. The van der Waals surface area contributed by atoms with E-state index in [0.29, 0.717) is 42.7 Å². The molecular weight excluding hydrogens is 448 g/mol. The number of aliphatic hydroxyl groups excluding tert-OH is 1. The third kappa shape index (κ3) is 5.15. The van der Waals surface area contributed by atoms with Crippen LogP contribution in [-0.4, -0.2) is 58.3 Å². The predicted molar refractivity (Wildman–Crippen MR) is 120 cm³/mol. The van der Waals surface area contributed by atoms with E-state index < -0.39 is 0 Å². The van der Waals surface area contributed by atoms with Crippen molar-refractivity contribution in [3.63, 3.8) is 0 Å². The Morgan fingerprint density at radius 2 is 2.03 bits per heavy atom. The quantitative estimate of drug-likeness (QED) is 0.565. The molecule has 1 aromatic heterocycles. The van der Waals surface area contributed by atoms with E-state index >= 15 is 0 Å². The highest BCUT2D eigenvalue weighted by Crippen LogP contribution is 2.30. The number of hydrogen-bond acceptors (Lipinski definition) is 7. The molecule has 10 heteroatoms. The van der Waals surface area contributed by atoms with Gasteiger partial charge in [0.2, 0.25) is 17.7 Å². The van der Waals surface area contributed by atoms with E-state index in [1.165, 1.54) is 11.0 Å². The Morgan fingerprint density at radius 3 is 2.76 bits per heavy atom. The first-order valence-electron chi connectivity index (χ1n) is 10.5. The van der Waals surface area contributed by atoms with Gasteiger partial charge in [0.25, 0.3) is 5.91 Å². The van der Waals surface area contributed by atoms with Gasteiger partial charge in [0.15, 0.2) is 0 Å². The molecule has 0 saturated heterocycles. The highest BCUT2D eigenvalue weighted by molar-refractivity contribution is 6.34. The minimum Gasteiger partial charge on any atom is -0.491 e. The Hall–Kier alpha value is -3.43. The van der Waals surface area contributed by atoms with Gasteiger partial charge in [-0.05, 0) is 29.8 Å². The average molecular weight is 471 g/mol. The van der Waals surface area contributed by atoms with Crippen LogP contribution in [0.25, 0.3) is 0 Å². The molecule has 0 aliphatic carbocycles. The van der Waals surface area contributed by atoms with Crippen molar-refractivity contribution in [3.8, 4) is 5.75 Å². The Bertz CT molecular complexity index is 1170. The summed E-state index contributed by atoms with van der Waals surface area (Å²) in [5.41, 5.74) is 1.76. The van der Waals surface area contributed by atoms with Gasteiger partial charge in [0, 0.05) is 32.1 Å². The summed E-state index contributed by atoms with van der Waals surface area (Å²) in [7, 11) is 0. The SMILES string of the molecule is Cc1nnc(CCN2Cc3ccccc3N(C(=O)c3ccc(OCCO)cc3Cl)CC2=O)o1. The molecule has 0 saturated carbocycles. The zero-order valence-electron chi connectivity index (χ0n) is 18.0. The van der Waals surface area contributed by atoms with E-state index in [1.54, 1.807) is 24.0 Å². The van der Waals surface area contributed by atoms with Crippen molar-refractivity contribution in [2.24, 2.45) is 0 Å². The van der Waals surface area contributed by atoms with Gasteiger partial charge in [0.05, 0.1) is 17.2 Å². The molecule has 0 atom stereocenters.